The highest BCUT2D eigenvalue weighted by atomic mass is 15.1. The average Bonchev–Trinajstić information content (AvgIpc) is 3.70. The smallest absolute Gasteiger partial charge is 0.147 e. The van der Waals surface area contributed by atoms with Crippen molar-refractivity contribution < 1.29 is 0 Å². The van der Waals surface area contributed by atoms with Crippen LogP contribution in [0.5, 0.6) is 0 Å². The van der Waals surface area contributed by atoms with Gasteiger partial charge in [0.1, 0.15) is 11.3 Å². The second kappa shape index (κ2) is 7.58. The maximum absolute atomic E-state index is 5.12. The summed E-state index contributed by atoms with van der Waals surface area (Å²) < 4.78 is 4.64. The molecule has 10 rings (SSSR count). The van der Waals surface area contributed by atoms with Crippen LogP contribution in [0.1, 0.15) is 11.1 Å². The Morgan fingerprint density at radius 3 is 2.29 bits per heavy atom. The Labute approximate surface area is 234 Å². The Morgan fingerprint density at radius 2 is 1.37 bits per heavy atom. The van der Waals surface area contributed by atoms with Gasteiger partial charge >= 0.3 is 0 Å². The van der Waals surface area contributed by atoms with Crippen molar-refractivity contribution in [1.29, 1.82) is 0 Å². The molecule has 9 aromatic rings. The minimum Gasteiger partial charge on any atom is -0.309 e. The molecule has 41 heavy (non-hydrogen) atoms. The van der Waals surface area contributed by atoms with Crippen molar-refractivity contribution in [2.24, 2.45) is 0 Å². The number of hydrogen-bond donors (Lipinski definition) is 0. The minimum absolute atomic E-state index is 0.916. The van der Waals surface area contributed by atoms with Gasteiger partial charge in [0.05, 0.1) is 22.1 Å². The van der Waals surface area contributed by atoms with Crippen molar-refractivity contribution in [3.8, 4) is 16.8 Å². The van der Waals surface area contributed by atoms with E-state index in [2.05, 4.69) is 118 Å². The minimum atomic E-state index is 0.916. The van der Waals surface area contributed by atoms with Gasteiger partial charge in [-0.3, -0.25) is 4.40 Å². The van der Waals surface area contributed by atoms with Gasteiger partial charge in [-0.1, -0.05) is 54.6 Å². The molecule has 0 saturated heterocycles. The first kappa shape index (κ1) is 21.4. The zero-order valence-corrected chi connectivity index (χ0v) is 22.0. The first-order chi connectivity index (χ1) is 20.3. The molecule has 0 radical (unpaired) electrons. The van der Waals surface area contributed by atoms with E-state index in [0.29, 0.717) is 0 Å². The van der Waals surface area contributed by atoms with Gasteiger partial charge in [-0.15, -0.1) is 0 Å². The monoisotopic (exact) mass is 522 g/mol. The first-order valence-electron chi connectivity index (χ1n) is 14.1. The van der Waals surface area contributed by atoms with Crippen molar-refractivity contribution >= 4 is 60.3 Å². The molecule has 0 fully saturated rings. The van der Waals surface area contributed by atoms with Crippen LogP contribution in [0.4, 0.5) is 0 Å². The molecule has 1 aliphatic carbocycles. The first-order valence-corrected chi connectivity index (χ1v) is 14.1. The predicted octanol–water partition coefficient (Wildman–Crippen LogP) is 8.86. The summed E-state index contributed by atoms with van der Waals surface area (Å²) in [4.78, 5) is 9.98. The molecular weight excluding hydrogens is 500 g/mol. The fraction of sp³-hybridized carbons (Fsp3) is 0.0270. The van der Waals surface area contributed by atoms with Crippen LogP contribution in [-0.4, -0.2) is 18.9 Å². The van der Waals surface area contributed by atoms with Gasteiger partial charge in [-0.05, 0) is 94.7 Å². The highest BCUT2D eigenvalue weighted by Crippen LogP contribution is 2.48. The molecule has 5 aromatic carbocycles. The van der Waals surface area contributed by atoms with Crippen LogP contribution in [0.15, 0.2) is 121 Å². The lowest BCUT2D eigenvalue weighted by Crippen LogP contribution is -1.95. The lowest BCUT2D eigenvalue weighted by molar-refractivity contribution is 1.18. The van der Waals surface area contributed by atoms with Gasteiger partial charge in [0.2, 0.25) is 0 Å². The van der Waals surface area contributed by atoms with Gasteiger partial charge in [0, 0.05) is 33.4 Å². The molecule has 190 valence electrons. The summed E-state index contributed by atoms with van der Waals surface area (Å²) in [5, 5.41) is 6.14. The number of hydrogen-bond acceptors (Lipinski definition) is 2. The summed E-state index contributed by atoms with van der Waals surface area (Å²) in [6.07, 6.45) is 2.80. The van der Waals surface area contributed by atoms with Crippen LogP contribution in [0.2, 0.25) is 0 Å². The standard InChI is InChI=1S/C37H22N4/c1-2-9-24(10-3-1)40-31-14-6-4-11-26(31)35-33(40)17-16-22-19-23-20-29-28(21-27(23)34(22)35)25-12-8-18-38-36(25)41-32-15-7-5-13-30(32)39-37(29)41/h1-18,20-21H,19H2. The fourth-order valence-electron chi connectivity index (χ4n) is 7.26. The lowest BCUT2D eigenvalue weighted by atomic mass is 9.96. The lowest BCUT2D eigenvalue weighted by Gasteiger charge is -2.11. The topological polar surface area (TPSA) is 35.1 Å². The number of imidazole rings is 1. The highest BCUT2D eigenvalue weighted by molar-refractivity contribution is 6.20. The molecule has 4 aromatic heterocycles. The van der Waals surface area contributed by atoms with Crippen molar-refractivity contribution in [2.45, 2.75) is 6.42 Å². The van der Waals surface area contributed by atoms with E-state index in [0.717, 1.165) is 34.1 Å². The molecule has 4 heteroatoms. The number of aromatic nitrogens is 4. The maximum atomic E-state index is 5.12. The molecule has 4 nitrogen and oxygen atoms in total. The van der Waals surface area contributed by atoms with E-state index < -0.39 is 0 Å². The van der Waals surface area contributed by atoms with Crippen LogP contribution in [-0.2, 0) is 6.42 Å². The van der Waals surface area contributed by atoms with Crippen LogP contribution in [0.3, 0.4) is 0 Å². The maximum Gasteiger partial charge on any atom is 0.147 e. The zero-order valence-electron chi connectivity index (χ0n) is 22.0. The molecule has 1 aliphatic rings. The van der Waals surface area contributed by atoms with Crippen molar-refractivity contribution in [2.75, 3.05) is 0 Å². The number of para-hydroxylation sites is 4. The van der Waals surface area contributed by atoms with E-state index in [-0.39, 0.29) is 0 Å². The fourth-order valence-corrected chi connectivity index (χ4v) is 7.26. The molecular formula is C37H22N4. The normalized spacial score (nSPS) is 12.8. The predicted molar refractivity (Wildman–Crippen MR) is 168 cm³/mol. The summed E-state index contributed by atoms with van der Waals surface area (Å²) in [7, 11) is 0. The SMILES string of the molecule is c1ccc(-n2c3ccccc3c3c4c(ccc32)Cc2cc3c(cc2-4)c2cccnc2n2c4ccccc4nc32)cc1. The van der Waals surface area contributed by atoms with E-state index >= 15 is 0 Å². The molecule has 0 amide bonds. The summed E-state index contributed by atoms with van der Waals surface area (Å²) in [5.41, 5.74) is 13.1. The van der Waals surface area contributed by atoms with Crippen molar-refractivity contribution in [3.05, 3.63) is 133 Å². The van der Waals surface area contributed by atoms with E-state index in [1.165, 1.54) is 60.5 Å². The van der Waals surface area contributed by atoms with Crippen molar-refractivity contribution in [3.63, 3.8) is 0 Å². The van der Waals surface area contributed by atoms with E-state index in [4.69, 9.17) is 9.97 Å². The summed E-state index contributed by atoms with van der Waals surface area (Å²) >= 11 is 0. The quantitative estimate of drug-likeness (QED) is 0.202. The van der Waals surface area contributed by atoms with Gasteiger partial charge in [0.25, 0.3) is 0 Å². The Morgan fingerprint density at radius 1 is 0.561 bits per heavy atom. The second-order valence-corrected chi connectivity index (χ2v) is 11.0. The van der Waals surface area contributed by atoms with Gasteiger partial charge in [0.15, 0.2) is 0 Å². The molecule has 0 saturated carbocycles. The van der Waals surface area contributed by atoms with Gasteiger partial charge in [-0.2, -0.15) is 0 Å². The third-order valence-corrected chi connectivity index (χ3v) is 8.92. The molecule has 0 unspecified atom stereocenters. The Hall–Kier alpha value is -5.48. The van der Waals surface area contributed by atoms with E-state index in [1.54, 1.807) is 0 Å². The van der Waals surface area contributed by atoms with Crippen molar-refractivity contribution in [1.82, 2.24) is 18.9 Å². The number of pyridine rings is 2. The van der Waals surface area contributed by atoms with E-state index in [9.17, 15) is 0 Å². The highest BCUT2D eigenvalue weighted by Gasteiger charge is 2.26. The number of nitrogens with zero attached hydrogens (tertiary/aromatic N) is 4. The van der Waals surface area contributed by atoms with Crippen LogP contribution >= 0.6 is 0 Å². The Bertz CT molecular complexity index is 2550. The molecule has 0 atom stereocenters. The van der Waals surface area contributed by atoms with Crippen LogP contribution in [0.25, 0.3) is 77.1 Å². The number of benzene rings is 5. The summed E-state index contributed by atoms with van der Waals surface area (Å²) in [6, 6.07) is 41.5. The number of fused-ring (bicyclic) bond motifs is 15. The average molecular weight is 523 g/mol. The molecule has 4 heterocycles. The molecule has 0 spiro atoms. The molecule has 0 bridgehead atoms. The third-order valence-electron chi connectivity index (χ3n) is 8.92. The Balaban J connectivity index is 1.36. The zero-order chi connectivity index (χ0) is 26.7. The van der Waals surface area contributed by atoms with Gasteiger partial charge < -0.3 is 4.57 Å². The molecule has 0 aliphatic heterocycles. The van der Waals surface area contributed by atoms with E-state index in [1.807, 2.05) is 12.3 Å². The molecule has 0 N–H and O–H groups in total. The number of rotatable bonds is 1. The second-order valence-electron chi connectivity index (χ2n) is 11.0. The Kier molecular flexibility index (Phi) is 3.95. The third kappa shape index (κ3) is 2.69. The van der Waals surface area contributed by atoms with Crippen LogP contribution in [0, 0.1) is 0 Å². The van der Waals surface area contributed by atoms with Crippen LogP contribution < -0.4 is 0 Å². The summed E-state index contributed by atoms with van der Waals surface area (Å²) in [6.45, 7) is 0. The van der Waals surface area contributed by atoms with Gasteiger partial charge in [-0.25, -0.2) is 9.97 Å². The summed E-state index contributed by atoms with van der Waals surface area (Å²) in [5.74, 6) is 0. The largest absolute Gasteiger partial charge is 0.309 e.